The van der Waals surface area contributed by atoms with Gasteiger partial charge >= 0.3 is 0 Å². The van der Waals surface area contributed by atoms with E-state index in [0.717, 1.165) is 6.07 Å². The van der Waals surface area contributed by atoms with Gasteiger partial charge in [-0.2, -0.15) is 0 Å². The summed E-state index contributed by atoms with van der Waals surface area (Å²) in [4.78, 5) is 14.7. The molecule has 0 atom stereocenters. The summed E-state index contributed by atoms with van der Waals surface area (Å²) in [6, 6.07) is 16.2. The lowest BCUT2D eigenvalue weighted by atomic mass is 10.1. The van der Waals surface area contributed by atoms with Crippen molar-refractivity contribution < 1.29 is 17.2 Å². The second-order valence-corrected chi connectivity index (χ2v) is 9.81. The Morgan fingerprint density at radius 2 is 1.62 bits per heavy atom. The molecule has 0 fully saturated rings. The van der Waals surface area contributed by atoms with Gasteiger partial charge in [-0.05, 0) is 55.8 Å². The summed E-state index contributed by atoms with van der Waals surface area (Å²) in [6.07, 6.45) is 1.27. The maximum Gasteiger partial charge on any atom is 0.211 e. The molecule has 0 aliphatic heterocycles. The van der Waals surface area contributed by atoms with Crippen LogP contribution in [-0.2, 0) is 16.4 Å². The normalized spacial score (nSPS) is 11.6. The van der Waals surface area contributed by atoms with Gasteiger partial charge in [0, 0.05) is 25.8 Å². The van der Waals surface area contributed by atoms with E-state index in [1.54, 1.807) is 45.9 Å². The summed E-state index contributed by atoms with van der Waals surface area (Å²) < 4.78 is 57.2. The Morgan fingerprint density at radius 3 is 2.26 bits per heavy atom. The van der Waals surface area contributed by atoms with E-state index in [2.05, 4.69) is 0 Å². The SMILES string of the molecule is CCN(CC)c1cc2c(cc1F)c(=O)c(S(=O)(=O)c1ccccc1)cn2Cc1cccc(F)c1. The van der Waals surface area contributed by atoms with E-state index < -0.39 is 31.8 Å². The highest BCUT2D eigenvalue weighted by molar-refractivity contribution is 7.91. The number of fused-ring (bicyclic) bond motifs is 1. The van der Waals surface area contributed by atoms with E-state index in [9.17, 15) is 17.6 Å². The molecule has 4 rings (SSSR count). The van der Waals surface area contributed by atoms with Crippen LogP contribution in [-0.4, -0.2) is 26.1 Å². The molecule has 3 aromatic carbocycles. The minimum Gasteiger partial charge on any atom is -0.370 e. The standard InChI is InChI=1S/C26H24F2N2O3S/c1-3-29(4-2)24-15-23-21(14-22(24)28)26(31)25(34(32,33)20-11-6-5-7-12-20)17-30(23)16-18-9-8-10-19(27)13-18/h5-15,17H,3-4,16H2,1-2H3. The Morgan fingerprint density at radius 1 is 0.912 bits per heavy atom. The number of benzene rings is 3. The van der Waals surface area contributed by atoms with Gasteiger partial charge in [-0.3, -0.25) is 4.79 Å². The van der Waals surface area contributed by atoms with Gasteiger partial charge in [0.15, 0.2) is 0 Å². The average Bonchev–Trinajstić information content (AvgIpc) is 2.83. The molecule has 176 valence electrons. The van der Waals surface area contributed by atoms with E-state index >= 15 is 4.39 Å². The van der Waals surface area contributed by atoms with Crippen molar-refractivity contribution in [2.24, 2.45) is 0 Å². The van der Waals surface area contributed by atoms with Gasteiger partial charge in [-0.25, -0.2) is 17.2 Å². The molecule has 0 N–H and O–H groups in total. The minimum absolute atomic E-state index is 0.0380. The molecular formula is C26H24F2N2O3S. The van der Waals surface area contributed by atoms with Crippen LogP contribution in [0.5, 0.6) is 0 Å². The summed E-state index contributed by atoms with van der Waals surface area (Å²) in [5.74, 6) is -1.05. The summed E-state index contributed by atoms with van der Waals surface area (Å²) in [6.45, 7) is 4.97. The van der Waals surface area contributed by atoms with Gasteiger partial charge < -0.3 is 9.47 Å². The molecule has 0 spiro atoms. The highest BCUT2D eigenvalue weighted by Gasteiger charge is 2.25. The Balaban J connectivity index is 2.03. The zero-order valence-corrected chi connectivity index (χ0v) is 19.6. The average molecular weight is 483 g/mol. The van der Waals surface area contributed by atoms with E-state index in [4.69, 9.17) is 0 Å². The Bertz CT molecular complexity index is 1510. The fourth-order valence-electron chi connectivity index (χ4n) is 4.06. The van der Waals surface area contributed by atoms with Crippen LogP contribution < -0.4 is 10.3 Å². The molecule has 0 aliphatic rings. The van der Waals surface area contributed by atoms with Crippen molar-refractivity contribution in [2.45, 2.75) is 30.2 Å². The van der Waals surface area contributed by atoms with E-state index in [-0.39, 0.29) is 16.8 Å². The lowest BCUT2D eigenvalue weighted by Gasteiger charge is -2.23. The molecule has 1 aromatic heterocycles. The van der Waals surface area contributed by atoms with E-state index in [0.29, 0.717) is 29.9 Å². The first-order valence-corrected chi connectivity index (χ1v) is 12.4. The second-order valence-electron chi connectivity index (χ2n) is 7.89. The quantitative estimate of drug-likeness (QED) is 0.372. The number of anilines is 1. The van der Waals surface area contributed by atoms with Crippen molar-refractivity contribution >= 4 is 26.4 Å². The molecule has 8 heteroatoms. The first kappa shape index (κ1) is 23.6. The Labute approximate surface area is 196 Å². The summed E-state index contributed by atoms with van der Waals surface area (Å²) in [5, 5.41) is -0.0539. The van der Waals surface area contributed by atoms with Gasteiger partial charge in [0.25, 0.3) is 0 Å². The third kappa shape index (κ3) is 4.33. The smallest absolute Gasteiger partial charge is 0.211 e. The van der Waals surface area contributed by atoms with Gasteiger partial charge in [0.2, 0.25) is 15.3 Å². The van der Waals surface area contributed by atoms with Crippen LogP contribution in [0.25, 0.3) is 10.9 Å². The van der Waals surface area contributed by atoms with Crippen molar-refractivity contribution in [3.05, 3.63) is 100 Å². The molecule has 4 aromatic rings. The first-order chi connectivity index (χ1) is 16.3. The summed E-state index contributed by atoms with van der Waals surface area (Å²) in [5.41, 5.74) is 0.467. The molecule has 1 heterocycles. The Kier molecular flexibility index (Phi) is 6.52. The molecule has 34 heavy (non-hydrogen) atoms. The lowest BCUT2D eigenvalue weighted by molar-refractivity contribution is 0.593. The van der Waals surface area contributed by atoms with Crippen LogP contribution in [0, 0.1) is 11.6 Å². The number of hydrogen-bond donors (Lipinski definition) is 0. The largest absolute Gasteiger partial charge is 0.370 e. The van der Waals surface area contributed by atoms with Crippen LogP contribution >= 0.6 is 0 Å². The highest BCUT2D eigenvalue weighted by Crippen LogP contribution is 2.28. The van der Waals surface area contributed by atoms with Gasteiger partial charge in [-0.15, -0.1) is 0 Å². The number of sulfone groups is 1. The number of aromatic nitrogens is 1. The molecule has 5 nitrogen and oxygen atoms in total. The van der Waals surface area contributed by atoms with Crippen LogP contribution in [0.3, 0.4) is 0 Å². The minimum atomic E-state index is -4.17. The fraction of sp³-hybridized carbons (Fsp3) is 0.192. The molecule has 0 saturated carbocycles. The fourth-order valence-corrected chi connectivity index (χ4v) is 5.45. The molecule has 0 bridgehead atoms. The van der Waals surface area contributed by atoms with Crippen molar-refractivity contribution in [1.29, 1.82) is 0 Å². The lowest BCUT2D eigenvalue weighted by Crippen LogP contribution is -2.24. The maximum atomic E-state index is 15.1. The van der Waals surface area contributed by atoms with Crippen LogP contribution in [0.2, 0.25) is 0 Å². The van der Waals surface area contributed by atoms with Gasteiger partial charge in [-0.1, -0.05) is 30.3 Å². The topological polar surface area (TPSA) is 59.4 Å². The first-order valence-electron chi connectivity index (χ1n) is 10.9. The third-order valence-electron chi connectivity index (χ3n) is 5.81. The third-order valence-corrected chi connectivity index (χ3v) is 7.57. The van der Waals surface area contributed by atoms with Crippen molar-refractivity contribution in [2.75, 3.05) is 18.0 Å². The van der Waals surface area contributed by atoms with Crippen molar-refractivity contribution in [1.82, 2.24) is 4.57 Å². The van der Waals surface area contributed by atoms with E-state index in [1.165, 1.54) is 30.5 Å². The van der Waals surface area contributed by atoms with Crippen molar-refractivity contribution in [3.63, 3.8) is 0 Å². The molecule has 0 radical (unpaired) electrons. The second kappa shape index (κ2) is 9.38. The molecule has 0 saturated heterocycles. The molecule has 0 aliphatic carbocycles. The van der Waals surface area contributed by atoms with Crippen LogP contribution in [0.15, 0.2) is 87.5 Å². The van der Waals surface area contributed by atoms with Crippen LogP contribution in [0.1, 0.15) is 19.4 Å². The number of nitrogens with zero attached hydrogens (tertiary/aromatic N) is 2. The van der Waals surface area contributed by atoms with Gasteiger partial charge in [0.1, 0.15) is 16.5 Å². The van der Waals surface area contributed by atoms with Crippen LogP contribution in [0.4, 0.5) is 14.5 Å². The van der Waals surface area contributed by atoms with Gasteiger partial charge in [0.05, 0.1) is 21.5 Å². The maximum absolute atomic E-state index is 15.1. The number of rotatable bonds is 7. The molecule has 0 amide bonds. The molecular weight excluding hydrogens is 458 g/mol. The number of pyridine rings is 1. The monoisotopic (exact) mass is 482 g/mol. The summed E-state index contributed by atoms with van der Waals surface area (Å²) in [7, 11) is -4.17. The Hall–Kier alpha value is -3.52. The highest BCUT2D eigenvalue weighted by atomic mass is 32.2. The summed E-state index contributed by atoms with van der Waals surface area (Å²) >= 11 is 0. The predicted molar refractivity (Wildman–Crippen MR) is 129 cm³/mol. The predicted octanol–water partition coefficient (Wildman–Crippen LogP) is 5.01. The zero-order chi connectivity index (χ0) is 24.5. The van der Waals surface area contributed by atoms with Crippen molar-refractivity contribution in [3.8, 4) is 0 Å². The van der Waals surface area contributed by atoms with E-state index in [1.807, 2.05) is 13.8 Å². The number of halogens is 2. The molecule has 0 unspecified atom stereocenters. The zero-order valence-electron chi connectivity index (χ0n) is 18.8. The number of hydrogen-bond acceptors (Lipinski definition) is 4.